The molecule has 0 spiro atoms. The van der Waals surface area contributed by atoms with E-state index in [9.17, 15) is 9.59 Å². The zero-order chi connectivity index (χ0) is 13.4. The van der Waals surface area contributed by atoms with Crippen LogP contribution in [0.4, 0.5) is 0 Å². The van der Waals surface area contributed by atoms with Crippen molar-refractivity contribution in [2.24, 2.45) is 5.92 Å². The zero-order valence-corrected chi connectivity index (χ0v) is 11.4. The van der Waals surface area contributed by atoms with Gasteiger partial charge >= 0.3 is 5.97 Å². The third-order valence-electron chi connectivity index (χ3n) is 3.47. The summed E-state index contributed by atoms with van der Waals surface area (Å²) < 4.78 is 5.08. The van der Waals surface area contributed by atoms with Gasteiger partial charge in [-0.1, -0.05) is 0 Å². The second-order valence-electron chi connectivity index (χ2n) is 4.61. The maximum Gasteiger partial charge on any atom is 0.309 e. The molecule has 6 heteroatoms. The molecule has 0 saturated heterocycles. The van der Waals surface area contributed by atoms with Gasteiger partial charge < -0.3 is 9.72 Å². The van der Waals surface area contributed by atoms with Crippen molar-refractivity contribution in [3.63, 3.8) is 0 Å². The molecule has 0 bridgehead atoms. The molecule has 1 aliphatic rings. The number of hydrogen-bond donors (Lipinski definition) is 1. The molecule has 3 rings (SSSR count). The summed E-state index contributed by atoms with van der Waals surface area (Å²) in [7, 11) is 0. The van der Waals surface area contributed by atoms with E-state index in [1.54, 1.807) is 18.3 Å². The molecule has 19 heavy (non-hydrogen) atoms. The lowest BCUT2D eigenvalue weighted by atomic mass is 9.87. The van der Waals surface area contributed by atoms with Gasteiger partial charge in [0.15, 0.2) is 0 Å². The number of aryl methyl sites for hydroxylation is 1. The van der Waals surface area contributed by atoms with Crippen molar-refractivity contribution in [2.75, 3.05) is 6.61 Å². The van der Waals surface area contributed by atoms with Gasteiger partial charge in [-0.25, -0.2) is 4.98 Å². The number of aromatic amines is 1. The number of ether oxygens (including phenoxy) is 1. The fourth-order valence-electron chi connectivity index (χ4n) is 2.58. The second kappa shape index (κ2) is 4.77. The highest BCUT2D eigenvalue weighted by molar-refractivity contribution is 7.18. The summed E-state index contributed by atoms with van der Waals surface area (Å²) in [6.07, 6.45) is 3.62. The first kappa shape index (κ1) is 12.3. The molecule has 2 aromatic rings. The van der Waals surface area contributed by atoms with Crippen molar-refractivity contribution in [2.45, 2.75) is 26.2 Å². The third kappa shape index (κ3) is 2.06. The first-order valence-electron chi connectivity index (χ1n) is 6.35. The van der Waals surface area contributed by atoms with Crippen LogP contribution in [0, 0.1) is 5.92 Å². The van der Waals surface area contributed by atoms with E-state index in [4.69, 9.17) is 4.74 Å². The van der Waals surface area contributed by atoms with Crippen molar-refractivity contribution in [3.8, 4) is 0 Å². The number of rotatable bonds is 2. The number of hydrogen-bond acceptors (Lipinski definition) is 5. The Morgan fingerprint density at radius 3 is 3.26 bits per heavy atom. The fourth-order valence-corrected chi connectivity index (χ4v) is 3.76. The van der Waals surface area contributed by atoms with Gasteiger partial charge in [0.25, 0.3) is 5.56 Å². The molecule has 100 valence electrons. The van der Waals surface area contributed by atoms with E-state index < -0.39 is 0 Å². The maximum absolute atomic E-state index is 11.9. The number of thiophene rings is 1. The second-order valence-corrected chi connectivity index (χ2v) is 5.69. The Morgan fingerprint density at radius 2 is 2.47 bits per heavy atom. The van der Waals surface area contributed by atoms with Crippen LogP contribution in [0.25, 0.3) is 10.2 Å². The molecule has 0 saturated carbocycles. The summed E-state index contributed by atoms with van der Waals surface area (Å²) in [4.78, 5) is 32.5. The number of nitrogens with zero attached hydrogens (tertiary/aromatic N) is 1. The van der Waals surface area contributed by atoms with Crippen LogP contribution >= 0.6 is 11.3 Å². The van der Waals surface area contributed by atoms with Gasteiger partial charge in [0.1, 0.15) is 4.83 Å². The third-order valence-corrected chi connectivity index (χ3v) is 4.67. The fraction of sp³-hybridized carbons (Fsp3) is 0.462. The molecule has 0 radical (unpaired) electrons. The van der Waals surface area contributed by atoms with Gasteiger partial charge in [-0.2, -0.15) is 0 Å². The van der Waals surface area contributed by atoms with Crippen LogP contribution in [0.3, 0.4) is 0 Å². The minimum Gasteiger partial charge on any atom is -0.466 e. The van der Waals surface area contributed by atoms with E-state index in [0.29, 0.717) is 18.4 Å². The first-order chi connectivity index (χ1) is 9.20. The Kier molecular flexibility index (Phi) is 3.10. The molecule has 0 aromatic carbocycles. The van der Waals surface area contributed by atoms with E-state index in [1.165, 1.54) is 11.2 Å². The van der Waals surface area contributed by atoms with Crippen LogP contribution in [-0.4, -0.2) is 22.5 Å². The van der Waals surface area contributed by atoms with Gasteiger partial charge in [0.2, 0.25) is 0 Å². The maximum atomic E-state index is 11.9. The Labute approximate surface area is 113 Å². The van der Waals surface area contributed by atoms with Crippen LogP contribution in [0.5, 0.6) is 0 Å². The molecule has 0 unspecified atom stereocenters. The van der Waals surface area contributed by atoms with Gasteiger partial charge in [0, 0.05) is 4.88 Å². The van der Waals surface area contributed by atoms with Crippen LogP contribution in [0.2, 0.25) is 0 Å². The lowest BCUT2D eigenvalue weighted by Crippen LogP contribution is -2.24. The summed E-state index contributed by atoms with van der Waals surface area (Å²) in [5, 5.41) is 0.650. The standard InChI is InChI=1S/C13H14N2O3S/c1-2-18-13(17)7-3-4-9-8(5-7)10-11(16)14-6-15-12(10)19-9/h6-7H,2-5H2,1H3,(H,14,15,16)/t7-/m0/s1. The minimum atomic E-state index is -0.159. The molecule has 0 fully saturated rings. The molecule has 0 aliphatic heterocycles. The number of fused-ring (bicyclic) bond motifs is 3. The SMILES string of the molecule is CCOC(=O)[C@H]1CCc2sc3nc[nH]c(=O)c3c2C1. The first-order valence-corrected chi connectivity index (χ1v) is 7.17. The lowest BCUT2D eigenvalue weighted by molar-refractivity contribution is -0.148. The highest BCUT2D eigenvalue weighted by atomic mass is 32.1. The van der Waals surface area contributed by atoms with E-state index in [-0.39, 0.29) is 17.4 Å². The van der Waals surface area contributed by atoms with Gasteiger partial charge in [-0.15, -0.1) is 11.3 Å². The highest BCUT2D eigenvalue weighted by Gasteiger charge is 2.29. The Morgan fingerprint density at radius 1 is 1.63 bits per heavy atom. The average molecular weight is 278 g/mol. The van der Waals surface area contributed by atoms with E-state index in [1.807, 2.05) is 0 Å². The predicted octanol–water partition coefficient (Wildman–Crippen LogP) is 1.65. The summed E-state index contributed by atoms with van der Waals surface area (Å²) in [6.45, 7) is 2.20. The van der Waals surface area contributed by atoms with Crippen molar-refractivity contribution >= 4 is 27.5 Å². The number of aromatic nitrogens is 2. The minimum absolute atomic E-state index is 0.119. The molecule has 1 aliphatic carbocycles. The number of nitrogens with one attached hydrogen (secondary N) is 1. The van der Waals surface area contributed by atoms with Gasteiger partial charge in [-0.05, 0) is 31.7 Å². The highest BCUT2D eigenvalue weighted by Crippen LogP contribution is 2.35. The average Bonchev–Trinajstić information content (AvgIpc) is 2.77. The largest absolute Gasteiger partial charge is 0.466 e. The molecule has 5 nitrogen and oxygen atoms in total. The van der Waals surface area contributed by atoms with Crippen molar-refractivity contribution in [3.05, 3.63) is 27.1 Å². The lowest BCUT2D eigenvalue weighted by Gasteiger charge is -2.20. The van der Waals surface area contributed by atoms with Crippen molar-refractivity contribution < 1.29 is 9.53 Å². The smallest absolute Gasteiger partial charge is 0.309 e. The summed E-state index contributed by atoms with van der Waals surface area (Å²) in [6, 6.07) is 0. The molecule has 0 amide bonds. The molecule has 1 atom stereocenters. The monoisotopic (exact) mass is 278 g/mol. The molecular formula is C13H14N2O3S. The Hall–Kier alpha value is -1.69. The number of esters is 1. The van der Waals surface area contributed by atoms with Crippen molar-refractivity contribution in [1.29, 1.82) is 0 Å². The number of H-pyrrole nitrogens is 1. The molecule has 1 N–H and O–H groups in total. The molecule has 2 aromatic heterocycles. The van der Waals surface area contributed by atoms with E-state index in [2.05, 4.69) is 9.97 Å². The summed E-state index contributed by atoms with van der Waals surface area (Å²) in [5.41, 5.74) is 0.866. The Balaban J connectivity index is 2.02. The predicted molar refractivity (Wildman–Crippen MR) is 72.4 cm³/mol. The zero-order valence-electron chi connectivity index (χ0n) is 10.6. The van der Waals surface area contributed by atoms with E-state index in [0.717, 1.165) is 23.2 Å². The molecular weight excluding hydrogens is 264 g/mol. The number of carbonyl (C=O) groups excluding carboxylic acids is 1. The van der Waals surface area contributed by atoms with Gasteiger partial charge in [0.05, 0.1) is 24.2 Å². The van der Waals surface area contributed by atoms with Crippen molar-refractivity contribution in [1.82, 2.24) is 9.97 Å². The van der Waals surface area contributed by atoms with Crippen LogP contribution in [-0.2, 0) is 22.4 Å². The van der Waals surface area contributed by atoms with Crippen LogP contribution in [0.15, 0.2) is 11.1 Å². The Bertz CT molecular complexity index is 689. The van der Waals surface area contributed by atoms with Crippen LogP contribution < -0.4 is 5.56 Å². The topological polar surface area (TPSA) is 72.0 Å². The molecule has 2 heterocycles. The summed E-state index contributed by atoms with van der Waals surface area (Å²) >= 11 is 1.56. The number of carbonyl (C=O) groups is 1. The normalized spacial score (nSPS) is 18.3. The summed E-state index contributed by atoms with van der Waals surface area (Å²) in [5.74, 6) is -0.294. The van der Waals surface area contributed by atoms with Crippen LogP contribution in [0.1, 0.15) is 23.8 Å². The van der Waals surface area contributed by atoms with Gasteiger partial charge in [-0.3, -0.25) is 9.59 Å². The quantitative estimate of drug-likeness (QED) is 0.848. The van der Waals surface area contributed by atoms with E-state index >= 15 is 0 Å².